The van der Waals surface area contributed by atoms with Crippen molar-refractivity contribution in [3.8, 4) is 11.3 Å². The Balaban J connectivity index is 1.43. The predicted molar refractivity (Wildman–Crippen MR) is 126 cm³/mol. The molecule has 4 heterocycles. The maximum atomic E-state index is 4.98. The van der Waals surface area contributed by atoms with Gasteiger partial charge in [-0.3, -0.25) is 14.9 Å². The average molecular weight is 423 g/mol. The smallest absolute Gasteiger partial charge is 0.135 e. The summed E-state index contributed by atoms with van der Waals surface area (Å²) >= 11 is 0. The van der Waals surface area contributed by atoms with E-state index in [0.29, 0.717) is 5.92 Å². The highest BCUT2D eigenvalue weighted by Gasteiger charge is 2.24. The van der Waals surface area contributed by atoms with Crippen molar-refractivity contribution in [2.45, 2.75) is 25.3 Å². The lowest BCUT2D eigenvalue weighted by atomic mass is 9.96. The Hall–Kier alpha value is -3.64. The van der Waals surface area contributed by atoms with Gasteiger partial charge in [0, 0.05) is 61.1 Å². The van der Waals surface area contributed by atoms with Crippen LogP contribution in [-0.4, -0.2) is 37.9 Å². The minimum absolute atomic E-state index is 0.290. The van der Waals surface area contributed by atoms with Gasteiger partial charge in [-0.2, -0.15) is 0 Å². The first kappa shape index (κ1) is 20.3. The van der Waals surface area contributed by atoms with E-state index in [4.69, 9.17) is 9.97 Å². The molecule has 1 unspecified atom stereocenters. The van der Waals surface area contributed by atoms with Crippen LogP contribution in [0.3, 0.4) is 0 Å². The molecule has 3 aromatic heterocycles. The summed E-state index contributed by atoms with van der Waals surface area (Å²) in [5.41, 5.74) is 4.19. The van der Waals surface area contributed by atoms with Crippen LogP contribution in [0.15, 0.2) is 85.5 Å². The van der Waals surface area contributed by atoms with Crippen LogP contribution >= 0.6 is 0 Å². The molecule has 1 aliphatic heterocycles. The highest BCUT2D eigenvalue weighted by molar-refractivity contribution is 5.65. The minimum Gasteiger partial charge on any atom is -0.340 e. The SMILES string of the molecule is c1ccc(Nc2cc(-c3cccnc3)nc(C3CCCN(Cc4ccncc4)C3)n2)cc1. The summed E-state index contributed by atoms with van der Waals surface area (Å²) in [5.74, 6) is 1.99. The summed E-state index contributed by atoms with van der Waals surface area (Å²) in [7, 11) is 0. The fourth-order valence-electron chi connectivity index (χ4n) is 4.20. The van der Waals surface area contributed by atoms with E-state index in [-0.39, 0.29) is 0 Å². The zero-order valence-electron chi connectivity index (χ0n) is 17.9. The van der Waals surface area contributed by atoms with E-state index >= 15 is 0 Å². The van der Waals surface area contributed by atoms with Crippen LogP contribution in [0.25, 0.3) is 11.3 Å². The van der Waals surface area contributed by atoms with Gasteiger partial charge in [0.15, 0.2) is 0 Å². The second-order valence-electron chi connectivity index (χ2n) is 8.16. The Morgan fingerprint density at radius 3 is 2.59 bits per heavy atom. The molecule has 0 saturated carbocycles. The minimum atomic E-state index is 0.290. The molecule has 0 spiro atoms. The summed E-state index contributed by atoms with van der Waals surface area (Å²) in [6.45, 7) is 2.97. The van der Waals surface area contributed by atoms with Gasteiger partial charge < -0.3 is 5.32 Å². The molecule has 32 heavy (non-hydrogen) atoms. The van der Waals surface area contributed by atoms with Crippen molar-refractivity contribution in [3.63, 3.8) is 0 Å². The van der Waals surface area contributed by atoms with E-state index < -0.39 is 0 Å². The van der Waals surface area contributed by atoms with Crippen molar-refractivity contribution in [1.29, 1.82) is 0 Å². The average Bonchev–Trinajstić information content (AvgIpc) is 2.86. The Kier molecular flexibility index (Phi) is 6.12. The first-order valence-electron chi connectivity index (χ1n) is 11.1. The number of piperidine rings is 1. The zero-order valence-corrected chi connectivity index (χ0v) is 17.9. The van der Waals surface area contributed by atoms with E-state index in [9.17, 15) is 0 Å². The van der Waals surface area contributed by atoms with Crippen molar-refractivity contribution >= 4 is 11.5 Å². The van der Waals surface area contributed by atoms with Gasteiger partial charge in [-0.05, 0) is 61.3 Å². The molecule has 1 saturated heterocycles. The topological polar surface area (TPSA) is 66.8 Å². The summed E-state index contributed by atoms with van der Waals surface area (Å²) in [5, 5.41) is 3.45. The lowest BCUT2D eigenvalue weighted by Crippen LogP contribution is -2.34. The van der Waals surface area contributed by atoms with E-state index in [2.05, 4.69) is 32.3 Å². The van der Waals surface area contributed by atoms with Gasteiger partial charge >= 0.3 is 0 Å². The molecule has 0 amide bonds. The maximum Gasteiger partial charge on any atom is 0.135 e. The lowest BCUT2D eigenvalue weighted by Gasteiger charge is -2.32. The van der Waals surface area contributed by atoms with Crippen molar-refractivity contribution in [2.75, 3.05) is 18.4 Å². The third-order valence-electron chi connectivity index (χ3n) is 5.77. The van der Waals surface area contributed by atoms with Gasteiger partial charge in [-0.1, -0.05) is 18.2 Å². The molecule has 0 aliphatic carbocycles. The van der Waals surface area contributed by atoms with Crippen LogP contribution in [0.1, 0.15) is 30.1 Å². The van der Waals surface area contributed by atoms with Gasteiger partial charge in [0.2, 0.25) is 0 Å². The van der Waals surface area contributed by atoms with Crippen LogP contribution in [0.2, 0.25) is 0 Å². The highest BCUT2D eigenvalue weighted by Crippen LogP contribution is 2.29. The van der Waals surface area contributed by atoms with Crippen LogP contribution < -0.4 is 5.32 Å². The number of anilines is 2. The fraction of sp³-hybridized carbons (Fsp3) is 0.231. The number of rotatable bonds is 6. The van der Waals surface area contributed by atoms with E-state index in [1.165, 1.54) is 5.56 Å². The Bertz CT molecular complexity index is 1130. The third kappa shape index (κ3) is 4.98. The van der Waals surface area contributed by atoms with E-state index in [0.717, 1.165) is 61.1 Å². The number of nitrogens with zero attached hydrogens (tertiary/aromatic N) is 5. The number of para-hydroxylation sites is 1. The Morgan fingerprint density at radius 2 is 1.78 bits per heavy atom. The first-order valence-corrected chi connectivity index (χ1v) is 11.1. The number of hydrogen-bond acceptors (Lipinski definition) is 6. The quantitative estimate of drug-likeness (QED) is 0.469. The van der Waals surface area contributed by atoms with Gasteiger partial charge in [-0.15, -0.1) is 0 Å². The summed E-state index contributed by atoms with van der Waals surface area (Å²) in [4.78, 5) is 20.8. The largest absolute Gasteiger partial charge is 0.340 e. The molecule has 4 aromatic rings. The fourth-order valence-corrected chi connectivity index (χ4v) is 4.20. The molecule has 160 valence electrons. The van der Waals surface area contributed by atoms with Crippen molar-refractivity contribution in [1.82, 2.24) is 24.8 Å². The molecule has 1 N–H and O–H groups in total. The molecule has 1 fully saturated rings. The van der Waals surface area contributed by atoms with Crippen LogP contribution in [0.5, 0.6) is 0 Å². The molecule has 1 aromatic carbocycles. The zero-order chi connectivity index (χ0) is 21.6. The van der Waals surface area contributed by atoms with Crippen molar-refractivity contribution < 1.29 is 0 Å². The van der Waals surface area contributed by atoms with Crippen LogP contribution in [-0.2, 0) is 6.54 Å². The number of nitrogens with one attached hydrogen (secondary N) is 1. The molecule has 1 atom stereocenters. The molecule has 6 heteroatoms. The molecule has 6 nitrogen and oxygen atoms in total. The molecule has 1 aliphatic rings. The second kappa shape index (κ2) is 9.66. The second-order valence-corrected chi connectivity index (χ2v) is 8.16. The van der Waals surface area contributed by atoms with Crippen molar-refractivity contribution in [2.24, 2.45) is 0 Å². The Labute approximate surface area is 188 Å². The summed E-state index contributed by atoms with van der Waals surface area (Å²) < 4.78 is 0. The monoisotopic (exact) mass is 422 g/mol. The summed E-state index contributed by atoms with van der Waals surface area (Å²) in [6.07, 6.45) is 9.59. The van der Waals surface area contributed by atoms with Crippen molar-refractivity contribution in [3.05, 3.63) is 96.8 Å². The Morgan fingerprint density at radius 1 is 0.906 bits per heavy atom. The molecular formula is C26H26N6. The van der Waals surface area contributed by atoms with Gasteiger partial charge in [-0.25, -0.2) is 9.97 Å². The van der Waals surface area contributed by atoms with Crippen LogP contribution in [0.4, 0.5) is 11.5 Å². The number of hydrogen-bond donors (Lipinski definition) is 1. The van der Waals surface area contributed by atoms with Gasteiger partial charge in [0.25, 0.3) is 0 Å². The molecule has 0 radical (unpaired) electrons. The maximum absolute atomic E-state index is 4.98. The molecule has 0 bridgehead atoms. The summed E-state index contributed by atoms with van der Waals surface area (Å²) in [6, 6.07) is 20.3. The number of benzene rings is 1. The molecule has 5 rings (SSSR count). The number of aromatic nitrogens is 4. The van der Waals surface area contributed by atoms with Gasteiger partial charge in [0.1, 0.15) is 11.6 Å². The van der Waals surface area contributed by atoms with Gasteiger partial charge in [0.05, 0.1) is 5.69 Å². The normalized spacial score (nSPS) is 16.6. The van der Waals surface area contributed by atoms with Crippen LogP contribution in [0, 0.1) is 0 Å². The number of pyridine rings is 2. The lowest BCUT2D eigenvalue weighted by molar-refractivity contribution is 0.196. The third-order valence-corrected chi connectivity index (χ3v) is 5.77. The standard InChI is InChI=1S/C26H26N6/c1-2-8-23(9-3-1)29-25-16-24(21-6-4-12-28-17-21)30-26(31-25)22-7-5-15-32(19-22)18-20-10-13-27-14-11-20/h1-4,6,8-14,16-17,22H,5,7,15,18-19H2,(H,29,30,31). The van der Waals surface area contributed by atoms with E-state index in [1.807, 2.05) is 67.1 Å². The molecular weight excluding hydrogens is 396 g/mol. The first-order chi connectivity index (χ1) is 15.8. The predicted octanol–water partition coefficient (Wildman–Crippen LogP) is 5.06. The highest BCUT2D eigenvalue weighted by atomic mass is 15.1. The van der Waals surface area contributed by atoms with E-state index in [1.54, 1.807) is 6.20 Å². The number of likely N-dealkylation sites (tertiary alicyclic amines) is 1.